The van der Waals surface area contributed by atoms with Crippen molar-refractivity contribution in [3.8, 4) is 0 Å². The van der Waals surface area contributed by atoms with Crippen molar-refractivity contribution in [1.29, 1.82) is 0 Å². The molecule has 7 nitrogen and oxygen atoms in total. The van der Waals surface area contributed by atoms with Crippen molar-refractivity contribution in [2.75, 3.05) is 12.4 Å². The van der Waals surface area contributed by atoms with Crippen LogP contribution in [0.15, 0.2) is 83.6 Å². The molecule has 2 aromatic carbocycles. The van der Waals surface area contributed by atoms with Crippen molar-refractivity contribution < 1.29 is 23.9 Å². The van der Waals surface area contributed by atoms with Gasteiger partial charge in [0.1, 0.15) is 17.1 Å². The lowest BCUT2D eigenvalue weighted by molar-refractivity contribution is -0.153. The monoisotopic (exact) mass is 462 g/mol. The largest absolute Gasteiger partial charge is 0.462 e. The van der Waals surface area contributed by atoms with Crippen LogP contribution in [0, 0.1) is 0 Å². The third-order valence-corrected chi connectivity index (χ3v) is 7.20. The van der Waals surface area contributed by atoms with Crippen LogP contribution in [0.3, 0.4) is 0 Å². The molecule has 2 saturated heterocycles. The van der Waals surface area contributed by atoms with Crippen molar-refractivity contribution in [3.05, 3.63) is 94.7 Å². The molecular formula is C25H22N2O5S. The lowest BCUT2D eigenvalue weighted by atomic mass is 10.0. The Morgan fingerprint density at radius 1 is 1.09 bits per heavy atom. The first-order chi connectivity index (χ1) is 16.0. The van der Waals surface area contributed by atoms with E-state index in [0.717, 1.165) is 11.1 Å². The Bertz CT molecular complexity index is 1120. The lowest BCUT2D eigenvalue weighted by Crippen LogP contribution is -2.68. The van der Waals surface area contributed by atoms with Gasteiger partial charge >= 0.3 is 11.9 Å². The smallest absolute Gasteiger partial charge is 0.356 e. The van der Waals surface area contributed by atoms with Gasteiger partial charge in [-0.3, -0.25) is 9.69 Å². The van der Waals surface area contributed by atoms with E-state index in [9.17, 15) is 14.4 Å². The lowest BCUT2D eigenvalue weighted by Gasteiger charge is -2.48. The molecule has 0 bridgehead atoms. The van der Waals surface area contributed by atoms with Gasteiger partial charge in [-0.2, -0.15) is 0 Å². The Morgan fingerprint density at radius 3 is 2.30 bits per heavy atom. The van der Waals surface area contributed by atoms with Crippen LogP contribution in [-0.2, 0) is 23.9 Å². The van der Waals surface area contributed by atoms with E-state index in [2.05, 4.69) is 0 Å². The molecule has 0 aliphatic carbocycles. The van der Waals surface area contributed by atoms with Gasteiger partial charge in [0.05, 0.1) is 6.61 Å². The zero-order chi connectivity index (χ0) is 22.9. The van der Waals surface area contributed by atoms with Crippen LogP contribution in [0.2, 0.25) is 0 Å². The average molecular weight is 463 g/mol. The third-order valence-electron chi connectivity index (χ3n) is 5.88. The molecule has 3 heterocycles. The minimum atomic E-state index is -0.664. The van der Waals surface area contributed by atoms with E-state index in [4.69, 9.17) is 15.2 Å². The maximum Gasteiger partial charge on any atom is 0.356 e. The van der Waals surface area contributed by atoms with Gasteiger partial charge in [-0.05, 0) is 22.8 Å². The molecule has 2 aromatic rings. The number of nitrogens with zero attached hydrogens (tertiary/aromatic N) is 1. The number of nitrogens with two attached hydrogens (primary N) is 1. The van der Waals surface area contributed by atoms with Crippen molar-refractivity contribution in [1.82, 2.24) is 4.90 Å². The third kappa shape index (κ3) is 3.96. The first-order valence-electron chi connectivity index (χ1n) is 10.7. The van der Waals surface area contributed by atoms with Gasteiger partial charge in [-0.25, -0.2) is 9.59 Å². The van der Waals surface area contributed by atoms with Crippen LogP contribution in [0.1, 0.15) is 23.7 Å². The molecule has 0 aromatic heterocycles. The Labute approximate surface area is 195 Å². The number of hydrogen-bond donors (Lipinski definition) is 1. The topological polar surface area (TPSA) is 98.9 Å². The molecule has 1 amide bonds. The second-order valence-corrected chi connectivity index (χ2v) is 9.08. The van der Waals surface area contributed by atoms with E-state index >= 15 is 0 Å². The number of fused-ring (bicyclic) bond motifs is 1. The normalized spacial score (nSPS) is 23.5. The average Bonchev–Trinajstić information content (AvgIpc) is 3.26. The summed E-state index contributed by atoms with van der Waals surface area (Å²) in [5, 5.41) is -0.329. The van der Waals surface area contributed by atoms with E-state index in [0.29, 0.717) is 29.9 Å². The highest BCUT2D eigenvalue weighted by Gasteiger charge is 2.52. The minimum Gasteiger partial charge on any atom is -0.462 e. The fourth-order valence-corrected chi connectivity index (χ4v) is 5.43. The number of amides is 1. The Morgan fingerprint density at radius 2 is 1.73 bits per heavy atom. The fourth-order valence-electron chi connectivity index (χ4n) is 4.18. The summed E-state index contributed by atoms with van der Waals surface area (Å²) in [4.78, 5) is 39.6. The highest BCUT2D eigenvalue weighted by molar-refractivity contribution is 8.00. The van der Waals surface area contributed by atoms with E-state index in [1.54, 1.807) is 6.08 Å². The molecule has 168 valence electrons. The molecule has 2 N–H and O–H groups in total. The standard InChI is InChI=1S/C25H22N2O5S/c26-19-22(28)27-20(18(14-33-23(19)27)13-17-11-12-31-24(17)29)25(30)32-21(15-7-3-1-4-8-15)16-9-5-2-6-10-16/h1-10,13,19,21,23H,11-12,14,26H2/b17-13+/t19-,23+/m1/s1. The molecule has 3 aliphatic rings. The number of benzene rings is 2. The number of ether oxygens (including phenoxy) is 2. The summed E-state index contributed by atoms with van der Waals surface area (Å²) in [5.74, 6) is -0.929. The number of esters is 2. The van der Waals surface area contributed by atoms with Gasteiger partial charge in [0.2, 0.25) is 5.91 Å². The van der Waals surface area contributed by atoms with E-state index < -0.39 is 24.1 Å². The first kappa shape index (κ1) is 21.5. The number of cyclic esters (lactones) is 1. The zero-order valence-electron chi connectivity index (χ0n) is 17.7. The van der Waals surface area contributed by atoms with Gasteiger partial charge in [-0.1, -0.05) is 60.7 Å². The molecule has 2 atom stereocenters. The molecule has 0 spiro atoms. The number of thioether (sulfide) groups is 1. The van der Waals surface area contributed by atoms with Gasteiger partial charge in [0.25, 0.3) is 0 Å². The maximum absolute atomic E-state index is 13.6. The first-order valence-corrected chi connectivity index (χ1v) is 11.7. The highest BCUT2D eigenvalue weighted by Crippen LogP contribution is 2.41. The van der Waals surface area contributed by atoms with Crippen LogP contribution >= 0.6 is 11.8 Å². The summed E-state index contributed by atoms with van der Waals surface area (Å²) >= 11 is 1.47. The molecular weight excluding hydrogens is 440 g/mol. The second kappa shape index (κ2) is 8.88. The molecule has 3 aliphatic heterocycles. The van der Waals surface area contributed by atoms with Gasteiger partial charge in [0, 0.05) is 17.7 Å². The quantitative estimate of drug-likeness (QED) is 0.414. The van der Waals surface area contributed by atoms with Crippen LogP contribution < -0.4 is 5.73 Å². The molecule has 5 rings (SSSR count). The van der Waals surface area contributed by atoms with Gasteiger partial charge in [-0.15, -0.1) is 11.8 Å². The number of hydrogen-bond acceptors (Lipinski definition) is 7. The van der Waals surface area contributed by atoms with Crippen LogP contribution in [0.4, 0.5) is 0 Å². The molecule has 0 radical (unpaired) electrons. The summed E-state index contributed by atoms with van der Waals surface area (Å²) in [6, 6.07) is 18.2. The van der Waals surface area contributed by atoms with Crippen molar-refractivity contribution in [2.24, 2.45) is 5.73 Å². The molecule has 8 heteroatoms. The molecule has 0 unspecified atom stereocenters. The summed E-state index contributed by atoms with van der Waals surface area (Å²) in [6.07, 6.45) is 1.46. The molecule has 0 saturated carbocycles. The van der Waals surface area contributed by atoms with Gasteiger partial charge in [0.15, 0.2) is 6.10 Å². The SMILES string of the molecule is N[C@@H]1C(=O)N2C(C(=O)OC(c3ccccc3)c3ccccc3)=C(/C=C3\CCOC3=O)CS[C@@H]12. The predicted molar refractivity (Wildman–Crippen MR) is 123 cm³/mol. The number of rotatable bonds is 5. The number of allylic oxidation sites excluding steroid dienone is 1. The Hall–Kier alpha value is -3.36. The van der Waals surface area contributed by atoms with Crippen LogP contribution in [0.25, 0.3) is 0 Å². The Kier molecular flexibility index (Phi) is 5.78. The number of carbonyl (C=O) groups is 3. The zero-order valence-corrected chi connectivity index (χ0v) is 18.5. The number of β-lactam (4-membered cyclic amide) rings is 1. The predicted octanol–water partition coefficient (Wildman–Crippen LogP) is 2.69. The summed E-state index contributed by atoms with van der Waals surface area (Å²) in [7, 11) is 0. The van der Waals surface area contributed by atoms with Crippen LogP contribution in [0.5, 0.6) is 0 Å². The van der Waals surface area contributed by atoms with Crippen molar-refractivity contribution >= 4 is 29.6 Å². The molecule has 2 fully saturated rings. The van der Waals surface area contributed by atoms with Crippen LogP contribution in [-0.4, -0.2) is 46.5 Å². The number of carbonyl (C=O) groups excluding carboxylic acids is 3. The maximum atomic E-state index is 13.6. The van der Waals surface area contributed by atoms with E-state index in [1.165, 1.54) is 16.7 Å². The minimum absolute atomic E-state index is 0.148. The molecule has 33 heavy (non-hydrogen) atoms. The summed E-state index contributed by atoms with van der Waals surface area (Å²) < 4.78 is 11.1. The van der Waals surface area contributed by atoms with Crippen molar-refractivity contribution in [2.45, 2.75) is 23.9 Å². The fraction of sp³-hybridized carbons (Fsp3) is 0.240. The Balaban J connectivity index is 1.54. The summed E-state index contributed by atoms with van der Waals surface area (Å²) in [6.45, 7) is 0.311. The van der Waals surface area contributed by atoms with E-state index in [-0.39, 0.29) is 17.0 Å². The second-order valence-electron chi connectivity index (χ2n) is 7.97. The van der Waals surface area contributed by atoms with E-state index in [1.807, 2.05) is 60.7 Å². The van der Waals surface area contributed by atoms with Crippen molar-refractivity contribution in [3.63, 3.8) is 0 Å². The van der Waals surface area contributed by atoms with Gasteiger partial charge < -0.3 is 15.2 Å². The summed E-state index contributed by atoms with van der Waals surface area (Å²) in [5.41, 5.74) is 8.79. The highest BCUT2D eigenvalue weighted by atomic mass is 32.2.